The summed E-state index contributed by atoms with van der Waals surface area (Å²) in [5, 5.41) is 4.54. The molecule has 0 unspecified atom stereocenters. The highest BCUT2D eigenvalue weighted by Gasteiger charge is 2.08. The molecular weight excluding hydrogens is 262 g/mol. The molecule has 0 radical (unpaired) electrons. The van der Waals surface area contributed by atoms with Crippen molar-refractivity contribution in [2.75, 3.05) is 5.73 Å². The second kappa shape index (κ2) is 3.49. The molecule has 0 amide bonds. The molecule has 0 heterocycles. The molecule has 78 valence electrons. The maximum atomic E-state index is 6.20. The molecule has 16 heavy (non-hydrogen) atoms. The predicted molar refractivity (Wildman–Crippen MR) is 73.6 cm³/mol. The Hall–Kier alpha value is -1.54. The van der Waals surface area contributed by atoms with E-state index in [1.54, 1.807) is 0 Å². The number of halogens is 1. The van der Waals surface area contributed by atoms with Crippen LogP contribution in [0.5, 0.6) is 0 Å². The lowest BCUT2D eigenvalue weighted by molar-refractivity contribution is 1.73. The second-order valence-electron chi connectivity index (χ2n) is 3.82. The molecule has 0 aliphatic heterocycles. The van der Waals surface area contributed by atoms with Gasteiger partial charge in [0, 0.05) is 20.9 Å². The van der Waals surface area contributed by atoms with Gasteiger partial charge < -0.3 is 5.73 Å². The Morgan fingerprint density at radius 2 is 1.06 bits per heavy atom. The van der Waals surface area contributed by atoms with Crippen molar-refractivity contribution in [3.05, 3.63) is 53.0 Å². The number of hydrogen-bond acceptors (Lipinski definition) is 1. The maximum absolute atomic E-state index is 6.20. The van der Waals surface area contributed by atoms with E-state index in [0.29, 0.717) is 0 Å². The zero-order valence-electron chi connectivity index (χ0n) is 8.57. The minimum atomic E-state index is 0.856. The van der Waals surface area contributed by atoms with Gasteiger partial charge in [-0.2, -0.15) is 0 Å². The van der Waals surface area contributed by atoms with Crippen LogP contribution in [0.15, 0.2) is 53.0 Å². The average Bonchev–Trinajstić information content (AvgIpc) is 2.36. The largest absolute Gasteiger partial charge is 0.398 e. The summed E-state index contributed by atoms with van der Waals surface area (Å²) in [6.45, 7) is 0. The van der Waals surface area contributed by atoms with Crippen molar-refractivity contribution in [3.8, 4) is 0 Å². The molecule has 0 aliphatic rings. The third-order valence-electron chi connectivity index (χ3n) is 2.91. The summed E-state index contributed by atoms with van der Waals surface area (Å²) >= 11 is 3.66. The lowest BCUT2D eigenvalue weighted by Gasteiger charge is -2.09. The summed E-state index contributed by atoms with van der Waals surface area (Å²) in [7, 11) is 0. The Bertz CT molecular complexity index is 572. The first kappa shape index (κ1) is 9.67. The number of fused-ring (bicyclic) bond motifs is 2. The van der Waals surface area contributed by atoms with E-state index >= 15 is 0 Å². The molecule has 2 N–H and O–H groups in total. The SMILES string of the molecule is Nc1c2ccccc2c(Br)c2ccccc12. The minimum Gasteiger partial charge on any atom is -0.398 e. The van der Waals surface area contributed by atoms with Gasteiger partial charge in [-0.3, -0.25) is 0 Å². The van der Waals surface area contributed by atoms with Crippen LogP contribution in [0.1, 0.15) is 0 Å². The maximum Gasteiger partial charge on any atom is 0.0474 e. The van der Waals surface area contributed by atoms with Crippen LogP contribution in [0.3, 0.4) is 0 Å². The Morgan fingerprint density at radius 3 is 1.50 bits per heavy atom. The van der Waals surface area contributed by atoms with Crippen LogP contribution >= 0.6 is 15.9 Å². The molecule has 3 rings (SSSR count). The second-order valence-corrected chi connectivity index (χ2v) is 4.61. The number of nitrogen functional groups attached to an aromatic ring is 1. The molecule has 1 nitrogen and oxygen atoms in total. The third-order valence-corrected chi connectivity index (χ3v) is 3.76. The number of hydrogen-bond donors (Lipinski definition) is 1. The van der Waals surface area contributed by atoms with Crippen LogP contribution in [0.25, 0.3) is 21.5 Å². The van der Waals surface area contributed by atoms with Crippen molar-refractivity contribution in [3.63, 3.8) is 0 Å². The summed E-state index contributed by atoms with van der Waals surface area (Å²) in [6.07, 6.45) is 0. The fraction of sp³-hybridized carbons (Fsp3) is 0. The molecule has 0 saturated carbocycles. The van der Waals surface area contributed by atoms with Crippen molar-refractivity contribution >= 4 is 43.2 Å². The van der Waals surface area contributed by atoms with Crippen molar-refractivity contribution in [1.29, 1.82) is 0 Å². The molecule has 0 bridgehead atoms. The Morgan fingerprint density at radius 1 is 0.688 bits per heavy atom. The highest BCUT2D eigenvalue weighted by Crippen LogP contribution is 2.37. The number of rotatable bonds is 0. The van der Waals surface area contributed by atoms with Crippen LogP contribution in [0.4, 0.5) is 5.69 Å². The van der Waals surface area contributed by atoms with Gasteiger partial charge in [0.15, 0.2) is 0 Å². The molecule has 3 aromatic rings. The topological polar surface area (TPSA) is 26.0 Å². The summed E-state index contributed by atoms with van der Waals surface area (Å²) in [5.41, 5.74) is 7.06. The molecule has 0 aliphatic carbocycles. The molecule has 3 aromatic carbocycles. The lowest BCUT2D eigenvalue weighted by Crippen LogP contribution is -1.90. The standard InChI is InChI=1S/C14H10BrN/c15-13-9-5-1-3-7-11(9)14(16)12-8-4-2-6-10(12)13/h1-8H,16H2. The molecule has 2 heteroatoms. The summed E-state index contributed by atoms with van der Waals surface area (Å²) in [4.78, 5) is 0. The van der Waals surface area contributed by atoms with Gasteiger partial charge in [0.05, 0.1) is 0 Å². The fourth-order valence-electron chi connectivity index (χ4n) is 2.11. The van der Waals surface area contributed by atoms with E-state index in [-0.39, 0.29) is 0 Å². The smallest absolute Gasteiger partial charge is 0.0474 e. The quantitative estimate of drug-likeness (QED) is 0.478. The average molecular weight is 272 g/mol. The van der Waals surface area contributed by atoms with Crippen molar-refractivity contribution in [2.45, 2.75) is 0 Å². The normalized spacial score (nSPS) is 11.1. The van der Waals surface area contributed by atoms with Crippen LogP contribution in [-0.2, 0) is 0 Å². The molecule has 0 aromatic heterocycles. The highest BCUT2D eigenvalue weighted by molar-refractivity contribution is 9.10. The molecule has 0 spiro atoms. The zero-order chi connectivity index (χ0) is 11.1. The van der Waals surface area contributed by atoms with Crippen molar-refractivity contribution in [1.82, 2.24) is 0 Å². The van der Waals surface area contributed by atoms with Crippen LogP contribution in [0, 0.1) is 0 Å². The zero-order valence-corrected chi connectivity index (χ0v) is 10.2. The van der Waals surface area contributed by atoms with E-state index in [1.165, 1.54) is 10.8 Å². The Labute approximate surface area is 102 Å². The van der Waals surface area contributed by atoms with Gasteiger partial charge in [0.1, 0.15) is 0 Å². The number of nitrogens with two attached hydrogens (primary N) is 1. The van der Waals surface area contributed by atoms with E-state index in [4.69, 9.17) is 5.73 Å². The fourth-order valence-corrected chi connectivity index (χ4v) is 2.80. The first-order valence-electron chi connectivity index (χ1n) is 5.13. The minimum absolute atomic E-state index is 0.856. The summed E-state index contributed by atoms with van der Waals surface area (Å²) in [5.74, 6) is 0. The molecular formula is C14H10BrN. The van der Waals surface area contributed by atoms with E-state index < -0.39 is 0 Å². The predicted octanol–water partition coefficient (Wildman–Crippen LogP) is 4.34. The molecule has 0 saturated heterocycles. The lowest BCUT2D eigenvalue weighted by atomic mass is 10.0. The monoisotopic (exact) mass is 271 g/mol. The number of anilines is 1. The Kier molecular flexibility index (Phi) is 2.11. The van der Waals surface area contributed by atoms with Gasteiger partial charge in [-0.1, -0.05) is 48.5 Å². The van der Waals surface area contributed by atoms with Crippen molar-refractivity contribution < 1.29 is 0 Å². The summed E-state index contributed by atoms with van der Waals surface area (Å²) in [6, 6.07) is 16.4. The molecule has 0 atom stereocenters. The van der Waals surface area contributed by atoms with Gasteiger partial charge in [0.25, 0.3) is 0 Å². The molecule has 0 fully saturated rings. The first-order chi connectivity index (χ1) is 7.79. The van der Waals surface area contributed by atoms with Gasteiger partial charge in [-0.15, -0.1) is 0 Å². The third kappa shape index (κ3) is 1.23. The van der Waals surface area contributed by atoms with E-state index in [1.807, 2.05) is 24.3 Å². The number of benzene rings is 3. The highest BCUT2D eigenvalue weighted by atomic mass is 79.9. The van der Waals surface area contributed by atoms with Crippen LogP contribution in [-0.4, -0.2) is 0 Å². The van der Waals surface area contributed by atoms with Gasteiger partial charge in [-0.05, 0) is 26.7 Å². The van der Waals surface area contributed by atoms with E-state index in [0.717, 1.165) is 20.9 Å². The van der Waals surface area contributed by atoms with Gasteiger partial charge >= 0.3 is 0 Å². The van der Waals surface area contributed by atoms with E-state index in [9.17, 15) is 0 Å². The van der Waals surface area contributed by atoms with Crippen LogP contribution < -0.4 is 5.73 Å². The van der Waals surface area contributed by atoms with E-state index in [2.05, 4.69) is 40.2 Å². The summed E-state index contributed by atoms with van der Waals surface area (Å²) < 4.78 is 1.12. The van der Waals surface area contributed by atoms with Gasteiger partial charge in [-0.25, -0.2) is 0 Å². The first-order valence-corrected chi connectivity index (χ1v) is 5.93. The van der Waals surface area contributed by atoms with Crippen LogP contribution in [0.2, 0.25) is 0 Å². The van der Waals surface area contributed by atoms with Crippen molar-refractivity contribution in [2.24, 2.45) is 0 Å². The van der Waals surface area contributed by atoms with Gasteiger partial charge in [0.2, 0.25) is 0 Å². The Balaban J connectivity index is 2.67.